The van der Waals surface area contributed by atoms with Gasteiger partial charge in [-0.1, -0.05) is 18.2 Å². The van der Waals surface area contributed by atoms with Crippen LogP contribution in [0.15, 0.2) is 42.6 Å². The Hall–Kier alpha value is -3.23. The minimum absolute atomic E-state index is 0.00675. The summed E-state index contributed by atoms with van der Waals surface area (Å²) in [5, 5.41) is 23.7. The van der Waals surface area contributed by atoms with Gasteiger partial charge in [0, 0.05) is 19.7 Å². The molecule has 178 valence electrons. The highest BCUT2D eigenvalue weighted by Gasteiger charge is 2.35. The molecular formula is C19H22BF3N4O6. The molecule has 1 aromatic carbocycles. The van der Waals surface area contributed by atoms with Crippen LogP contribution in [0.4, 0.5) is 13.2 Å². The number of nitrogens with zero attached hydrogens (tertiary/aromatic N) is 2. The Morgan fingerprint density at radius 1 is 1.15 bits per heavy atom. The molecular weight excluding hydrogens is 448 g/mol. The normalized spacial score (nSPS) is 13.0. The van der Waals surface area contributed by atoms with Gasteiger partial charge in [0.1, 0.15) is 17.5 Å². The van der Waals surface area contributed by atoms with Crippen molar-refractivity contribution in [1.82, 2.24) is 20.6 Å². The van der Waals surface area contributed by atoms with E-state index in [4.69, 9.17) is 9.47 Å². The number of ether oxygens (including phenoxy) is 2. The number of nitrogens with one attached hydrogen (secondary N) is 2. The average molecular weight is 470 g/mol. The van der Waals surface area contributed by atoms with Crippen LogP contribution < -0.4 is 15.4 Å². The van der Waals surface area contributed by atoms with E-state index >= 15 is 0 Å². The molecule has 0 bridgehead atoms. The number of carbonyl (C=O) groups is 2. The van der Waals surface area contributed by atoms with Crippen molar-refractivity contribution in [3.63, 3.8) is 0 Å². The van der Waals surface area contributed by atoms with E-state index in [0.717, 1.165) is 12.3 Å². The summed E-state index contributed by atoms with van der Waals surface area (Å²) in [6.45, 7) is -0.307. The fourth-order valence-corrected chi connectivity index (χ4v) is 2.60. The largest absolute Gasteiger partial charge is 0.494 e. The zero-order valence-electron chi connectivity index (χ0n) is 17.5. The van der Waals surface area contributed by atoms with Crippen molar-refractivity contribution in [2.75, 3.05) is 20.3 Å². The molecule has 0 saturated heterocycles. The molecule has 0 fully saturated rings. The van der Waals surface area contributed by atoms with Crippen molar-refractivity contribution in [3.8, 4) is 5.75 Å². The van der Waals surface area contributed by atoms with E-state index in [1.165, 1.54) is 7.11 Å². The number of alkyl halides is 3. The lowest BCUT2D eigenvalue weighted by atomic mass is 9.77. The predicted molar refractivity (Wildman–Crippen MR) is 109 cm³/mol. The Labute approximate surface area is 187 Å². The van der Waals surface area contributed by atoms with Crippen molar-refractivity contribution < 1.29 is 42.3 Å². The second kappa shape index (κ2) is 12.1. The summed E-state index contributed by atoms with van der Waals surface area (Å²) in [6, 6.07) is 8.29. The molecule has 2 aromatic rings. The smallest absolute Gasteiger partial charge is 0.475 e. The first kappa shape index (κ1) is 26.0. The van der Waals surface area contributed by atoms with E-state index < -0.39 is 48.6 Å². The molecule has 2 unspecified atom stereocenters. The van der Waals surface area contributed by atoms with Gasteiger partial charge in [-0.05, 0) is 18.2 Å². The molecule has 0 saturated carbocycles. The lowest BCUT2D eigenvalue weighted by Crippen LogP contribution is -2.55. The monoisotopic (exact) mass is 470 g/mol. The molecule has 0 aliphatic heterocycles. The molecule has 0 aliphatic rings. The number of rotatable bonds is 11. The lowest BCUT2D eigenvalue weighted by Gasteiger charge is -2.22. The first-order chi connectivity index (χ1) is 15.6. The van der Waals surface area contributed by atoms with Gasteiger partial charge in [0.05, 0.1) is 19.2 Å². The van der Waals surface area contributed by atoms with Crippen molar-refractivity contribution in [3.05, 3.63) is 54.1 Å². The van der Waals surface area contributed by atoms with Crippen molar-refractivity contribution in [2.24, 2.45) is 0 Å². The first-order valence-electron chi connectivity index (χ1n) is 9.66. The summed E-state index contributed by atoms with van der Waals surface area (Å²) in [7, 11) is -0.700. The third-order valence-electron chi connectivity index (χ3n) is 4.23. The quantitative estimate of drug-likeness (QED) is 0.342. The second-order valence-electron chi connectivity index (χ2n) is 6.72. The zero-order chi connectivity index (χ0) is 24.4. The van der Waals surface area contributed by atoms with E-state index in [-0.39, 0.29) is 19.6 Å². The molecule has 0 spiro atoms. The molecule has 1 heterocycles. The van der Waals surface area contributed by atoms with Gasteiger partial charge in [0.25, 0.3) is 5.91 Å². The number of aromatic nitrogens is 2. The Morgan fingerprint density at radius 2 is 1.85 bits per heavy atom. The standard InChI is InChI=1S/C19H22BF3N4O6/c1-32-11-14(25-16(28)13-7-9-24-18(26-13)19(21,22)23)17(29)27-15(20(30)31)8-10-33-12-5-3-2-4-6-12/h2-7,9,14-15,30-31H,8,10-11H2,1H3,(H,25,28)(H,27,29). The zero-order valence-corrected chi connectivity index (χ0v) is 17.5. The minimum Gasteiger partial charge on any atom is -0.494 e. The van der Waals surface area contributed by atoms with Gasteiger partial charge in [-0.15, -0.1) is 0 Å². The van der Waals surface area contributed by atoms with Crippen LogP contribution in [0.1, 0.15) is 22.7 Å². The molecule has 2 amide bonds. The Balaban J connectivity index is 2.01. The van der Waals surface area contributed by atoms with Crippen LogP contribution in [0.2, 0.25) is 0 Å². The van der Waals surface area contributed by atoms with E-state index in [9.17, 15) is 32.8 Å². The van der Waals surface area contributed by atoms with Crippen LogP contribution in [-0.4, -0.2) is 71.3 Å². The van der Waals surface area contributed by atoms with Crippen molar-refractivity contribution in [2.45, 2.75) is 24.6 Å². The van der Waals surface area contributed by atoms with E-state index in [0.29, 0.717) is 5.75 Å². The molecule has 2 atom stereocenters. The molecule has 10 nitrogen and oxygen atoms in total. The SMILES string of the molecule is COCC(NC(=O)c1ccnc(C(F)(F)F)n1)C(=O)NC(CCOc1ccccc1)B(O)O. The molecule has 4 N–H and O–H groups in total. The lowest BCUT2D eigenvalue weighted by molar-refractivity contribution is -0.145. The minimum atomic E-state index is -4.86. The van der Waals surface area contributed by atoms with Crippen LogP contribution in [-0.2, 0) is 15.7 Å². The predicted octanol–water partition coefficient (Wildman–Crippen LogP) is 0.206. The maximum Gasteiger partial charge on any atom is 0.475 e. The number of hydrogen-bond acceptors (Lipinski definition) is 8. The highest BCUT2D eigenvalue weighted by Crippen LogP contribution is 2.25. The maximum absolute atomic E-state index is 12.8. The number of carbonyl (C=O) groups excluding carboxylic acids is 2. The topological polar surface area (TPSA) is 143 Å². The van der Waals surface area contributed by atoms with E-state index in [1.54, 1.807) is 30.3 Å². The highest BCUT2D eigenvalue weighted by molar-refractivity contribution is 6.43. The summed E-state index contributed by atoms with van der Waals surface area (Å²) in [5.74, 6) is -4.05. The van der Waals surface area contributed by atoms with Gasteiger partial charge in [-0.2, -0.15) is 13.2 Å². The number of benzene rings is 1. The fourth-order valence-electron chi connectivity index (χ4n) is 2.60. The maximum atomic E-state index is 12.8. The summed E-state index contributed by atoms with van der Waals surface area (Å²) in [5.41, 5.74) is -0.610. The van der Waals surface area contributed by atoms with Crippen LogP contribution in [0, 0.1) is 0 Å². The molecule has 14 heteroatoms. The van der Waals surface area contributed by atoms with Gasteiger partial charge in [0.15, 0.2) is 0 Å². The molecule has 0 aliphatic carbocycles. The Morgan fingerprint density at radius 3 is 2.45 bits per heavy atom. The van der Waals surface area contributed by atoms with Crippen LogP contribution in [0.25, 0.3) is 0 Å². The number of para-hydroxylation sites is 1. The molecule has 0 radical (unpaired) electrons. The molecule has 33 heavy (non-hydrogen) atoms. The third-order valence-corrected chi connectivity index (χ3v) is 4.23. The molecule has 1 aromatic heterocycles. The van der Waals surface area contributed by atoms with Gasteiger partial charge in [-0.25, -0.2) is 9.97 Å². The van der Waals surface area contributed by atoms with Crippen LogP contribution in [0.3, 0.4) is 0 Å². The molecule has 2 rings (SSSR count). The van der Waals surface area contributed by atoms with Gasteiger partial charge in [0.2, 0.25) is 11.7 Å². The van der Waals surface area contributed by atoms with Crippen LogP contribution in [0.5, 0.6) is 5.75 Å². The fraction of sp³-hybridized carbons (Fsp3) is 0.368. The Bertz CT molecular complexity index is 920. The first-order valence-corrected chi connectivity index (χ1v) is 9.66. The summed E-state index contributed by atoms with van der Waals surface area (Å²) in [6.07, 6.45) is -4.08. The highest BCUT2D eigenvalue weighted by atomic mass is 19.4. The third kappa shape index (κ3) is 8.33. The number of halogens is 3. The van der Waals surface area contributed by atoms with E-state index in [1.807, 2.05) is 0 Å². The Kier molecular flexibility index (Phi) is 9.57. The van der Waals surface area contributed by atoms with E-state index in [2.05, 4.69) is 20.6 Å². The summed E-state index contributed by atoms with van der Waals surface area (Å²) >= 11 is 0. The summed E-state index contributed by atoms with van der Waals surface area (Å²) < 4.78 is 48.7. The van der Waals surface area contributed by atoms with Gasteiger partial charge in [-0.3, -0.25) is 9.59 Å². The number of amides is 2. The van der Waals surface area contributed by atoms with Crippen molar-refractivity contribution in [1.29, 1.82) is 0 Å². The van der Waals surface area contributed by atoms with Gasteiger partial charge >= 0.3 is 13.3 Å². The number of hydrogen-bond donors (Lipinski definition) is 4. The number of methoxy groups -OCH3 is 1. The second-order valence-corrected chi connectivity index (χ2v) is 6.72. The average Bonchev–Trinajstić information content (AvgIpc) is 2.78. The van der Waals surface area contributed by atoms with Crippen molar-refractivity contribution >= 4 is 18.9 Å². The summed E-state index contributed by atoms with van der Waals surface area (Å²) in [4.78, 5) is 31.2. The van der Waals surface area contributed by atoms with Crippen LogP contribution >= 0.6 is 0 Å². The van der Waals surface area contributed by atoms with Gasteiger partial charge < -0.3 is 30.2 Å².